The van der Waals surface area contributed by atoms with Gasteiger partial charge in [0.2, 0.25) is 0 Å². The van der Waals surface area contributed by atoms with E-state index in [0.29, 0.717) is 0 Å². The van der Waals surface area contributed by atoms with Crippen molar-refractivity contribution in [3.05, 3.63) is 64.8 Å². The van der Waals surface area contributed by atoms with E-state index in [9.17, 15) is 0 Å². The molecule has 1 aromatic carbocycles. The molecule has 106 valence electrons. The summed E-state index contributed by atoms with van der Waals surface area (Å²) in [6.07, 6.45) is 1.80. The van der Waals surface area contributed by atoms with Gasteiger partial charge in [0.25, 0.3) is 0 Å². The Morgan fingerprint density at radius 3 is 2.76 bits per heavy atom. The third kappa shape index (κ3) is 3.28. The smallest absolute Gasteiger partial charge is 0.142 e. The Morgan fingerprint density at radius 2 is 2.00 bits per heavy atom. The van der Waals surface area contributed by atoms with Crippen molar-refractivity contribution in [1.82, 2.24) is 9.97 Å². The molecule has 0 atom stereocenters. The molecule has 3 aromatic rings. The van der Waals surface area contributed by atoms with Crippen LogP contribution in [-0.2, 0) is 6.54 Å². The van der Waals surface area contributed by atoms with Gasteiger partial charge in [-0.3, -0.25) is 4.98 Å². The van der Waals surface area contributed by atoms with E-state index < -0.39 is 0 Å². The van der Waals surface area contributed by atoms with Crippen molar-refractivity contribution in [2.24, 2.45) is 0 Å². The molecule has 3 nitrogen and oxygen atoms in total. The van der Waals surface area contributed by atoms with Crippen LogP contribution in [0.1, 0.15) is 16.8 Å². The molecule has 0 unspecified atom stereocenters. The molecule has 0 bridgehead atoms. The zero-order chi connectivity index (χ0) is 14.7. The highest BCUT2D eigenvalue weighted by Gasteiger charge is 2.05. The van der Waals surface area contributed by atoms with Gasteiger partial charge in [0, 0.05) is 17.3 Å². The molecule has 0 radical (unpaired) electrons. The number of aryl methyl sites for hydroxylation is 2. The summed E-state index contributed by atoms with van der Waals surface area (Å²) in [4.78, 5) is 8.96. The Labute approximate surface area is 128 Å². The van der Waals surface area contributed by atoms with Gasteiger partial charge >= 0.3 is 0 Å². The third-order valence-corrected chi connectivity index (χ3v) is 4.33. The number of hydrogen-bond donors (Lipinski definition) is 1. The zero-order valence-corrected chi connectivity index (χ0v) is 12.9. The molecule has 21 heavy (non-hydrogen) atoms. The summed E-state index contributed by atoms with van der Waals surface area (Å²) in [6, 6.07) is 12.3. The number of thiazole rings is 1. The zero-order valence-electron chi connectivity index (χ0n) is 12.1. The molecule has 0 spiro atoms. The molecule has 0 amide bonds. The molecule has 0 fully saturated rings. The summed E-state index contributed by atoms with van der Waals surface area (Å²) >= 11 is 1.63. The summed E-state index contributed by atoms with van der Waals surface area (Å²) < 4.78 is 0. The predicted octanol–water partition coefficient (Wildman–Crippen LogP) is 4.43. The van der Waals surface area contributed by atoms with Crippen LogP contribution in [0.15, 0.2) is 48.0 Å². The molecule has 3 rings (SSSR count). The van der Waals surface area contributed by atoms with Crippen molar-refractivity contribution < 1.29 is 0 Å². The van der Waals surface area contributed by atoms with E-state index >= 15 is 0 Å². The fraction of sp³-hybridized carbons (Fsp3) is 0.176. The Morgan fingerprint density at radius 1 is 1.10 bits per heavy atom. The lowest BCUT2D eigenvalue weighted by molar-refractivity contribution is 1.07. The topological polar surface area (TPSA) is 37.8 Å². The van der Waals surface area contributed by atoms with Crippen molar-refractivity contribution in [2.75, 3.05) is 5.32 Å². The molecule has 4 heteroatoms. The lowest BCUT2D eigenvalue weighted by Crippen LogP contribution is -2.00. The van der Waals surface area contributed by atoms with Crippen LogP contribution in [0, 0.1) is 13.8 Å². The van der Waals surface area contributed by atoms with Gasteiger partial charge in [-0.25, -0.2) is 4.98 Å². The molecule has 0 saturated heterocycles. The van der Waals surface area contributed by atoms with Gasteiger partial charge in [-0.05, 0) is 49.2 Å². The van der Waals surface area contributed by atoms with Gasteiger partial charge in [0.15, 0.2) is 0 Å². The van der Waals surface area contributed by atoms with Crippen LogP contribution in [0.25, 0.3) is 10.7 Å². The van der Waals surface area contributed by atoms with Crippen LogP contribution >= 0.6 is 11.3 Å². The van der Waals surface area contributed by atoms with Crippen molar-refractivity contribution >= 4 is 17.0 Å². The summed E-state index contributed by atoms with van der Waals surface area (Å²) in [6.45, 7) is 4.98. The first-order valence-electron chi connectivity index (χ1n) is 6.89. The van der Waals surface area contributed by atoms with E-state index in [1.807, 2.05) is 18.2 Å². The highest BCUT2D eigenvalue weighted by molar-refractivity contribution is 7.13. The number of anilines is 1. The van der Waals surface area contributed by atoms with Gasteiger partial charge in [-0.1, -0.05) is 12.1 Å². The molecule has 2 heterocycles. The van der Waals surface area contributed by atoms with Gasteiger partial charge in [-0.2, -0.15) is 0 Å². The maximum atomic E-state index is 4.63. The number of hydrogen-bond acceptors (Lipinski definition) is 4. The monoisotopic (exact) mass is 295 g/mol. The van der Waals surface area contributed by atoms with E-state index in [1.165, 1.54) is 11.1 Å². The number of benzene rings is 1. The highest BCUT2D eigenvalue weighted by atomic mass is 32.1. The van der Waals surface area contributed by atoms with Gasteiger partial charge in [0.1, 0.15) is 5.01 Å². The molecule has 0 aliphatic carbocycles. The number of nitrogens with zero attached hydrogens (tertiary/aromatic N) is 2. The second kappa shape index (κ2) is 6.06. The maximum Gasteiger partial charge on any atom is 0.142 e. The normalized spacial score (nSPS) is 10.6. The van der Waals surface area contributed by atoms with E-state index in [2.05, 4.69) is 52.7 Å². The predicted molar refractivity (Wildman–Crippen MR) is 88.6 cm³/mol. The van der Waals surface area contributed by atoms with E-state index in [0.717, 1.165) is 28.6 Å². The lowest BCUT2D eigenvalue weighted by Gasteiger charge is -2.07. The summed E-state index contributed by atoms with van der Waals surface area (Å²) in [5.74, 6) is 0. The summed E-state index contributed by atoms with van der Waals surface area (Å²) in [7, 11) is 0. The molecular formula is C17H17N3S. The molecule has 1 N–H and O–H groups in total. The Hall–Kier alpha value is -2.20. The quantitative estimate of drug-likeness (QED) is 0.773. The Kier molecular flexibility index (Phi) is 3.97. The second-order valence-corrected chi connectivity index (χ2v) is 5.87. The first-order valence-corrected chi connectivity index (χ1v) is 7.77. The standard InChI is InChI=1S/C17H17N3S/c1-12-6-7-14(9-13(12)2)19-10-15-11-21-17(20-15)16-5-3-4-8-18-16/h3-9,11,19H,10H2,1-2H3. The van der Waals surface area contributed by atoms with Crippen molar-refractivity contribution in [3.8, 4) is 10.7 Å². The fourth-order valence-electron chi connectivity index (χ4n) is 2.04. The van der Waals surface area contributed by atoms with Crippen molar-refractivity contribution in [2.45, 2.75) is 20.4 Å². The Balaban J connectivity index is 1.69. The number of pyridine rings is 1. The van der Waals surface area contributed by atoms with Crippen LogP contribution < -0.4 is 5.32 Å². The van der Waals surface area contributed by atoms with Crippen LogP contribution in [0.2, 0.25) is 0 Å². The minimum atomic E-state index is 0.728. The first-order chi connectivity index (χ1) is 10.2. The largest absolute Gasteiger partial charge is 0.379 e. The highest BCUT2D eigenvalue weighted by Crippen LogP contribution is 2.22. The molecule has 0 aliphatic rings. The fourth-order valence-corrected chi connectivity index (χ4v) is 2.83. The minimum absolute atomic E-state index is 0.728. The molecule has 2 aromatic heterocycles. The number of rotatable bonds is 4. The van der Waals surface area contributed by atoms with Gasteiger partial charge in [0.05, 0.1) is 17.9 Å². The molecule has 0 saturated carbocycles. The summed E-state index contributed by atoms with van der Waals surface area (Å²) in [5, 5.41) is 6.46. The molecule has 0 aliphatic heterocycles. The van der Waals surface area contributed by atoms with Gasteiger partial charge in [-0.15, -0.1) is 11.3 Å². The number of aromatic nitrogens is 2. The maximum absolute atomic E-state index is 4.63. The van der Waals surface area contributed by atoms with Crippen molar-refractivity contribution in [3.63, 3.8) is 0 Å². The first kappa shape index (κ1) is 13.8. The summed E-state index contributed by atoms with van der Waals surface area (Å²) in [5.41, 5.74) is 5.71. The van der Waals surface area contributed by atoms with Gasteiger partial charge < -0.3 is 5.32 Å². The molecular weight excluding hydrogens is 278 g/mol. The lowest BCUT2D eigenvalue weighted by atomic mass is 10.1. The van der Waals surface area contributed by atoms with E-state index in [4.69, 9.17) is 0 Å². The van der Waals surface area contributed by atoms with Crippen LogP contribution in [0.3, 0.4) is 0 Å². The van der Waals surface area contributed by atoms with Crippen LogP contribution in [0.5, 0.6) is 0 Å². The van der Waals surface area contributed by atoms with E-state index in [-0.39, 0.29) is 0 Å². The average molecular weight is 295 g/mol. The Bertz CT molecular complexity index is 735. The second-order valence-electron chi connectivity index (χ2n) is 5.01. The van der Waals surface area contributed by atoms with E-state index in [1.54, 1.807) is 17.5 Å². The number of nitrogens with one attached hydrogen (secondary N) is 1. The average Bonchev–Trinajstić information content (AvgIpc) is 2.98. The van der Waals surface area contributed by atoms with Crippen molar-refractivity contribution in [1.29, 1.82) is 0 Å². The SMILES string of the molecule is Cc1ccc(NCc2csc(-c3ccccn3)n2)cc1C. The van der Waals surface area contributed by atoms with Crippen LogP contribution in [0.4, 0.5) is 5.69 Å². The minimum Gasteiger partial charge on any atom is -0.379 e. The third-order valence-electron chi connectivity index (χ3n) is 3.42. The van der Waals surface area contributed by atoms with Crippen LogP contribution in [-0.4, -0.2) is 9.97 Å².